The Balaban J connectivity index is 1.61. The van der Waals surface area contributed by atoms with Crippen molar-refractivity contribution in [1.29, 1.82) is 0 Å². The van der Waals surface area contributed by atoms with E-state index >= 15 is 0 Å². The van der Waals surface area contributed by atoms with Crippen LogP contribution < -0.4 is 4.74 Å². The van der Waals surface area contributed by atoms with Crippen molar-refractivity contribution in [3.8, 4) is 11.5 Å². The van der Waals surface area contributed by atoms with Gasteiger partial charge in [-0.2, -0.15) is 0 Å². The van der Waals surface area contributed by atoms with Gasteiger partial charge in [-0.25, -0.2) is 9.59 Å². The molecular weight excluding hydrogens is 536 g/mol. The van der Waals surface area contributed by atoms with E-state index in [9.17, 15) is 30.0 Å². The normalized spacial score (nSPS) is 29.3. The van der Waals surface area contributed by atoms with Gasteiger partial charge in [0.25, 0.3) is 0 Å². The second kappa shape index (κ2) is 13.0. The monoisotopic (exact) mass is 582 g/mol. The van der Waals surface area contributed by atoms with Gasteiger partial charge in [0.1, 0.15) is 18.1 Å². The maximum Gasteiger partial charge on any atom is 0.514 e. The molecule has 0 bridgehead atoms. The highest BCUT2D eigenvalue weighted by Crippen LogP contribution is 2.58. The molecule has 1 aromatic rings. The average molecular weight is 583 g/mol. The highest BCUT2D eigenvalue weighted by atomic mass is 16.7. The Hall–Kier alpha value is -3.10. The van der Waals surface area contributed by atoms with E-state index in [1.54, 1.807) is 19.1 Å². The number of carbonyl (C=O) groups excluding carboxylic acids is 1. The lowest BCUT2D eigenvalue weighted by atomic mass is 9.58. The van der Waals surface area contributed by atoms with Gasteiger partial charge in [0.15, 0.2) is 0 Å². The molecule has 1 fully saturated rings. The number of allylic oxidation sites excluding steroid dienone is 3. The molecule has 1 aromatic carbocycles. The first kappa shape index (κ1) is 31.8. The number of benzene rings is 1. The van der Waals surface area contributed by atoms with Gasteiger partial charge >= 0.3 is 12.1 Å². The lowest BCUT2D eigenvalue weighted by molar-refractivity contribution is -0.149. The number of rotatable bonds is 11. The molecule has 0 radical (unpaired) electrons. The molecular formula is C34H46O8. The number of carboxylic acid groups (broad SMARTS) is 1. The maximum atomic E-state index is 13.1. The number of hydrogen-bond donors (Lipinski definition) is 4. The third kappa shape index (κ3) is 6.16. The van der Waals surface area contributed by atoms with E-state index in [4.69, 9.17) is 9.47 Å². The van der Waals surface area contributed by atoms with E-state index in [0.717, 1.165) is 49.7 Å². The zero-order chi connectivity index (χ0) is 30.9. The summed E-state index contributed by atoms with van der Waals surface area (Å²) in [5, 5.41) is 42.0. The molecule has 0 spiro atoms. The van der Waals surface area contributed by atoms with Gasteiger partial charge in [-0.05, 0) is 87.5 Å². The topological polar surface area (TPSA) is 134 Å². The number of ether oxygens (including phenoxy) is 2. The molecule has 3 aliphatic carbocycles. The van der Waals surface area contributed by atoms with Crippen molar-refractivity contribution < 1.29 is 39.5 Å². The molecule has 8 nitrogen and oxygen atoms in total. The molecule has 1 saturated carbocycles. The van der Waals surface area contributed by atoms with Gasteiger partial charge in [0, 0.05) is 28.9 Å². The highest BCUT2D eigenvalue weighted by molar-refractivity contribution is 5.90. The van der Waals surface area contributed by atoms with Crippen molar-refractivity contribution in [2.45, 2.75) is 91.3 Å². The van der Waals surface area contributed by atoms with Crippen LogP contribution in [0.15, 0.2) is 47.1 Å². The molecule has 0 saturated heterocycles. The van der Waals surface area contributed by atoms with Crippen LogP contribution in [-0.2, 0) is 16.0 Å². The summed E-state index contributed by atoms with van der Waals surface area (Å²) >= 11 is 0. The molecule has 42 heavy (non-hydrogen) atoms. The Kier molecular flexibility index (Phi) is 9.88. The molecule has 0 heterocycles. The van der Waals surface area contributed by atoms with E-state index < -0.39 is 36.2 Å². The van der Waals surface area contributed by atoms with Crippen LogP contribution in [0.3, 0.4) is 0 Å². The predicted octanol–water partition coefficient (Wildman–Crippen LogP) is 6.29. The maximum absolute atomic E-state index is 13.1. The van der Waals surface area contributed by atoms with Crippen molar-refractivity contribution in [1.82, 2.24) is 0 Å². The van der Waals surface area contributed by atoms with Crippen LogP contribution in [0.1, 0.15) is 83.8 Å². The number of carbonyl (C=O) groups is 2. The number of hydrogen-bond acceptors (Lipinski definition) is 7. The molecule has 8 heteroatoms. The smallest absolute Gasteiger partial charge is 0.507 e. The minimum Gasteiger partial charge on any atom is -0.507 e. The lowest BCUT2D eigenvalue weighted by Crippen LogP contribution is -2.56. The van der Waals surface area contributed by atoms with Crippen LogP contribution in [0.25, 0.3) is 0 Å². The minimum atomic E-state index is -1.17. The van der Waals surface area contributed by atoms with Gasteiger partial charge < -0.3 is 29.9 Å². The van der Waals surface area contributed by atoms with Crippen LogP contribution in [0.5, 0.6) is 11.5 Å². The summed E-state index contributed by atoms with van der Waals surface area (Å²) in [6, 6.07) is 3.55. The van der Waals surface area contributed by atoms with Crippen LogP contribution in [-0.4, -0.2) is 51.4 Å². The number of unbranched alkanes of at least 4 members (excludes halogenated alkanes) is 2. The molecule has 2 unspecified atom stereocenters. The lowest BCUT2D eigenvalue weighted by Gasteiger charge is -2.49. The van der Waals surface area contributed by atoms with Crippen LogP contribution >= 0.6 is 0 Å². The van der Waals surface area contributed by atoms with Crippen LogP contribution in [0.2, 0.25) is 0 Å². The number of aliphatic carboxylic acids is 1. The number of aliphatic hydroxyl groups is 2. The summed E-state index contributed by atoms with van der Waals surface area (Å²) in [5.41, 5.74) is 4.01. The van der Waals surface area contributed by atoms with Gasteiger partial charge in [-0.15, -0.1) is 0 Å². The second-order valence-corrected chi connectivity index (χ2v) is 12.6. The number of aryl methyl sites for hydroxylation is 1. The number of phenols is 1. The number of fused-ring (bicyclic) bond motifs is 1. The number of aromatic hydroxyl groups is 1. The molecule has 0 amide bonds. The summed E-state index contributed by atoms with van der Waals surface area (Å²) in [4.78, 5) is 25.3. The van der Waals surface area contributed by atoms with Crippen molar-refractivity contribution in [3.63, 3.8) is 0 Å². The number of phenolic OH excluding ortho intramolecular Hbond substituents is 1. The third-order valence-electron chi connectivity index (χ3n) is 9.72. The average Bonchev–Trinajstić information content (AvgIpc) is 3.15. The Labute approximate surface area is 248 Å². The summed E-state index contributed by atoms with van der Waals surface area (Å²) in [5.74, 6) is -2.65. The third-order valence-corrected chi connectivity index (χ3v) is 9.72. The molecule has 0 aromatic heterocycles. The van der Waals surface area contributed by atoms with Gasteiger partial charge in [-0.3, -0.25) is 0 Å². The largest absolute Gasteiger partial charge is 0.514 e. The van der Waals surface area contributed by atoms with Gasteiger partial charge in [0.2, 0.25) is 0 Å². The van der Waals surface area contributed by atoms with Crippen molar-refractivity contribution >= 4 is 12.1 Å². The molecule has 8 atom stereocenters. The fourth-order valence-corrected chi connectivity index (χ4v) is 7.56. The van der Waals surface area contributed by atoms with E-state index in [1.807, 2.05) is 13.8 Å². The van der Waals surface area contributed by atoms with E-state index in [0.29, 0.717) is 11.1 Å². The van der Waals surface area contributed by atoms with Crippen molar-refractivity contribution in [3.05, 3.63) is 58.2 Å². The minimum absolute atomic E-state index is 0.0491. The highest BCUT2D eigenvalue weighted by Gasteiger charge is 2.61. The molecule has 4 N–H and O–H groups in total. The van der Waals surface area contributed by atoms with E-state index in [1.165, 1.54) is 5.57 Å². The number of carboxylic acids is 1. The SMILES string of the molecule is C=C(C)[C@@H]1CCC(C)=C[C@H]1c1c(O)cc(CCCCC)cc1OC(=O)OCC1=C(C(=O)O)C2C(O)[C@H]([C@@H](C)O)[C@H]2[C@H]1C. The Morgan fingerprint density at radius 1 is 1.21 bits per heavy atom. The summed E-state index contributed by atoms with van der Waals surface area (Å²) < 4.78 is 11.3. The molecule has 0 aliphatic heterocycles. The summed E-state index contributed by atoms with van der Waals surface area (Å²) in [6.45, 7) is 13.4. The van der Waals surface area contributed by atoms with Crippen LogP contribution in [0, 0.1) is 29.6 Å². The first-order valence-electron chi connectivity index (χ1n) is 15.2. The summed E-state index contributed by atoms with van der Waals surface area (Å²) in [7, 11) is 0. The van der Waals surface area contributed by atoms with Crippen molar-refractivity contribution in [2.75, 3.05) is 6.61 Å². The van der Waals surface area contributed by atoms with Crippen molar-refractivity contribution in [2.24, 2.45) is 29.6 Å². The standard InChI is InChI=1S/C34H46O8/c1-7-8-9-10-21-14-25(36)29(23-13-18(4)11-12-22(23)17(2)3)26(15-21)42-34(40)41-16-24-19(5)27-28(20(6)35)32(37)31(27)30(24)33(38)39/h13-15,19-20,22-23,27-28,31-32,35-37H,2,7-12,16H2,1,3-6H3,(H,38,39)/t19-,20+,22-,23+,27+,28+,31?,32?/m0/s1. The van der Waals surface area contributed by atoms with E-state index in [-0.39, 0.29) is 47.4 Å². The molecule has 4 rings (SSSR count). The van der Waals surface area contributed by atoms with Gasteiger partial charge in [-0.1, -0.05) is 50.5 Å². The second-order valence-electron chi connectivity index (χ2n) is 12.6. The van der Waals surface area contributed by atoms with Crippen LogP contribution in [0.4, 0.5) is 4.79 Å². The first-order valence-corrected chi connectivity index (χ1v) is 15.2. The Morgan fingerprint density at radius 3 is 2.55 bits per heavy atom. The Morgan fingerprint density at radius 2 is 1.93 bits per heavy atom. The van der Waals surface area contributed by atoms with Gasteiger partial charge in [0.05, 0.1) is 12.2 Å². The molecule has 230 valence electrons. The Bertz CT molecular complexity index is 1270. The quantitative estimate of drug-likeness (QED) is 0.104. The number of aliphatic hydroxyl groups excluding tert-OH is 2. The zero-order valence-electron chi connectivity index (χ0n) is 25.4. The molecule has 3 aliphatic rings. The summed E-state index contributed by atoms with van der Waals surface area (Å²) in [6.07, 6.45) is 4.88. The predicted molar refractivity (Wildman–Crippen MR) is 159 cm³/mol. The first-order chi connectivity index (χ1) is 19.9. The zero-order valence-corrected chi connectivity index (χ0v) is 25.4. The fraction of sp³-hybridized carbons (Fsp3) is 0.588. The van der Waals surface area contributed by atoms with E-state index in [2.05, 4.69) is 26.5 Å². The fourth-order valence-electron chi connectivity index (χ4n) is 7.56.